The van der Waals surface area contributed by atoms with E-state index in [1.165, 1.54) is 32.7 Å². The first-order valence-corrected chi connectivity index (χ1v) is 10.3. The van der Waals surface area contributed by atoms with Crippen LogP contribution in [-0.2, 0) is 26.2 Å². The molecule has 1 aliphatic carbocycles. The third-order valence-corrected chi connectivity index (χ3v) is 3.53. The number of nitrogens with one attached hydrogen (secondary N) is 3. The smallest absolute Gasteiger partial charge is 4.00 e. The summed E-state index contributed by atoms with van der Waals surface area (Å²) in [5, 5.41) is -3.83. The molecule has 0 aromatic heterocycles. The number of halogens is 3. The van der Waals surface area contributed by atoms with Gasteiger partial charge in [0.15, 0.2) is 0 Å². The van der Waals surface area contributed by atoms with Crippen molar-refractivity contribution in [3.05, 3.63) is 41.5 Å². The fraction of sp³-hybridized carbons (Fsp3) is 0.636. The fourth-order valence-corrected chi connectivity index (χ4v) is 0.340. The number of hydrogen-bond acceptors (Lipinski definition) is 0. The largest absolute Gasteiger partial charge is 4.00 e. The van der Waals surface area contributed by atoms with Gasteiger partial charge in [-0.15, -0.1) is 6.42 Å². The molecule has 3 nitrogen and oxygen atoms in total. The summed E-state index contributed by atoms with van der Waals surface area (Å²) in [6.45, 7) is 0. The summed E-state index contributed by atoms with van der Waals surface area (Å²) in [7, 11) is 3.75. The van der Waals surface area contributed by atoms with E-state index in [1.807, 2.05) is 12.2 Å². The molecule has 0 atom stereocenters. The van der Waals surface area contributed by atoms with Crippen molar-refractivity contribution < 1.29 is 39.4 Å². The third-order valence-electron chi connectivity index (χ3n) is 1.15. The van der Waals surface area contributed by atoms with Crippen LogP contribution in [0.4, 0.5) is 13.2 Å². The van der Waals surface area contributed by atoms with Gasteiger partial charge in [-0.25, -0.2) is 12.2 Å². The van der Waals surface area contributed by atoms with Gasteiger partial charge in [0.1, 0.15) is 0 Å². The fourth-order valence-electron chi connectivity index (χ4n) is 0.340. The van der Waals surface area contributed by atoms with Gasteiger partial charge in [-0.1, -0.05) is 0 Å². The second kappa shape index (κ2) is 27.0. The van der Waals surface area contributed by atoms with Crippen molar-refractivity contribution in [3.8, 4) is 0 Å². The summed E-state index contributed by atoms with van der Waals surface area (Å²) in [6.07, 6.45) is 10.0. The topological polar surface area (TPSA) is 71.4 Å². The van der Waals surface area contributed by atoms with E-state index in [4.69, 9.17) is 17.2 Å². The molecular formula is C11H23F3GeN3Zr. The number of alkyl halides is 3. The molecule has 0 aromatic carbocycles. The van der Waals surface area contributed by atoms with Crippen molar-refractivity contribution in [2.24, 2.45) is 0 Å². The third kappa shape index (κ3) is 38.1. The van der Waals surface area contributed by atoms with Crippen LogP contribution in [0.3, 0.4) is 0 Å². The van der Waals surface area contributed by atoms with E-state index < -0.39 is 19.4 Å². The van der Waals surface area contributed by atoms with Crippen molar-refractivity contribution in [2.75, 3.05) is 21.1 Å². The molecule has 0 amide bonds. The molecule has 0 spiro atoms. The van der Waals surface area contributed by atoms with E-state index in [9.17, 15) is 13.2 Å². The Labute approximate surface area is 139 Å². The van der Waals surface area contributed by atoms with Crippen LogP contribution < -0.4 is 0 Å². The first kappa shape index (κ1) is 31.8. The van der Waals surface area contributed by atoms with Crippen molar-refractivity contribution in [3.63, 3.8) is 0 Å². The van der Waals surface area contributed by atoms with E-state index in [0.717, 1.165) is 6.42 Å². The van der Waals surface area contributed by atoms with Crippen LogP contribution in [0.25, 0.3) is 17.2 Å². The quantitative estimate of drug-likeness (QED) is 0.386. The van der Waals surface area contributed by atoms with Crippen LogP contribution in [0, 0.1) is 6.08 Å². The zero-order valence-electron chi connectivity index (χ0n) is 12.1. The summed E-state index contributed by atoms with van der Waals surface area (Å²) < 4.78 is 33.8. The molecule has 0 fully saturated rings. The van der Waals surface area contributed by atoms with E-state index in [2.05, 4.69) is 12.2 Å². The Morgan fingerprint density at radius 3 is 1.37 bits per heavy atom. The Bertz CT molecular complexity index is 177. The predicted octanol–water partition coefficient (Wildman–Crippen LogP) is 5.15. The molecule has 0 aliphatic heterocycles. The minimum Gasteiger partial charge on any atom is 4.00 e. The van der Waals surface area contributed by atoms with Gasteiger partial charge in [-0.2, -0.15) is 27.2 Å². The summed E-state index contributed by atoms with van der Waals surface area (Å²) in [5.41, 5.74) is 17.2. The molecular weight excluding hydrogens is 395 g/mol. The van der Waals surface area contributed by atoms with E-state index in [-0.39, 0.29) is 26.2 Å². The summed E-state index contributed by atoms with van der Waals surface area (Å²) in [5.74, 6) is 2.58. The molecule has 3 N–H and O–H groups in total. The van der Waals surface area contributed by atoms with Gasteiger partial charge in [0.2, 0.25) is 0 Å². The average molecular weight is 418 g/mol. The summed E-state index contributed by atoms with van der Waals surface area (Å²) in [6, 6.07) is 0. The number of rotatable bonds is 0. The first-order chi connectivity index (χ1) is 8.44. The van der Waals surface area contributed by atoms with E-state index in [1.54, 1.807) is 0 Å². The molecule has 0 saturated heterocycles. The first-order valence-electron chi connectivity index (χ1n) is 5.03. The maximum absolute atomic E-state index is 11.3. The zero-order chi connectivity index (χ0) is 15.6. The number of allylic oxidation sites excluding steroid dienone is 4. The molecule has 0 saturated carbocycles. The normalized spacial score (nSPS) is 10.3. The molecule has 111 valence electrons. The van der Waals surface area contributed by atoms with Gasteiger partial charge in [-0.05, 0) is 0 Å². The molecule has 0 aromatic rings. The van der Waals surface area contributed by atoms with Crippen LogP contribution in [0.5, 0.6) is 0 Å². The maximum Gasteiger partial charge on any atom is 4.00 e. The SMILES string of the molecule is C[NH-].C[NH-].C[NH-].[C-]1=CC=CC1.[CH3][Ge]([CH3])[C](F)(F)F.[Zr+4]. The Balaban J connectivity index is -0.0000000482. The number of hydrogen-bond donors (Lipinski definition) is 0. The second-order valence-electron chi connectivity index (χ2n) is 2.50. The zero-order valence-corrected chi connectivity index (χ0v) is 16.6. The van der Waals surface area contributed by atoms with E-state index >= 15 is 0 Å². The molecule has 0 unspecified atom stereocenters. The predicted molar refractivity (Wildman–Crippen MR) is 75.8 cm³/mol. The molecule has 0 bridgehead atoms. The minimum absolute atomic E-state index is 0. The molecule has 1 radical (unpaired) electrons. The van der Waals surface area contributed by atoms with Crippen molar-refractivity contribution in [1.29, 1.82) is 0 Å². The van der Waals surface area contributed by atoms with Crippen molar-refractivity contribution >= 4 is 14.3 Å². The van der Waals surface area contributed by atoms with Gasteiger partial charge in [0.05, 0.1) is 0 Å². The Morgan fingerprint density at radius 1 is 1.00 bits per heavy atom. The van der Waals surface area contributed by atoms with Gasteiger partial charge >= 0.3 is 70.2 Å². The van der Waals surface area contributed by atoms with Crippen LogP contribution in [0.15, 0.2) is 18.2 Å². The van der Waals surface area contributed by atoms with Crippen molar-refractivity contribution in [1.82, 2.24) is 0 Å². The van der Waals surface area contributed by atoms with Crippen molar-refractivity contribution in [2.45, 2.75) is 22.9 Å². The monoisotopic (exact) mass is 418 g/mol. The standard InChI is InChI=1S/C5H5.C3H6F3Ge.3CH4N.Zr/c1-2-4-5-3-1;1-7(2)3(4,5)6;3*1-2;/h1-3H,4H2;1-2H3;3*2H,1H3;/q-1;;3*-1;+4. The molecule has 8 heteroatoms. The van der Waals surface area contributed by atoms with Crippen LogP contribution in [0.2, 0.25) is 11.5 Å². The van der Waals surface area contributed by atoms with Gasteiger partial charge in [-0.3, -0.25) is 6.08 Å². The Hall–Kier alpha value is 0.576. The van der Waals surface area contributed by atoms with Crippen LogP contribution >= 0.6 is 0 Å². The minimum atomic E-state index is -3.83. The molecule has 0 heterocycles. The van der Waals surface area contributed by atoms with Gasteiger partial charge in [0, 0.05) is 0 Å². The van der Waals surface area contributed by atoms with Gasteiger partial charge < -0.3 is 17.2 Å². The van der Waals surface area contributed by atoms with Crippen LogP contribution in [-0.4, -0.2) is 40.5 Å². The van der Waals surface area contributed by atoms with E-state index in [0.29, 0.717) is 0 Å². The Kier molecular flexibility index (Phi) is 45.2. The molecule has 1 aliphatic rings. The van der Waals surface area contributed by atoms with Gasteiger partial charge in [0.25, 0.3) is 0 Å². The van der Waals surface area contributed by atoms with Crippen LogP contribution in [0.1, 0.15) is 6.42 Å². The summed E-state index contributed by atoms with van der Waals surface area (Å²) >= 11 is -2.59. The molecule has 1 rings (SSSR count). The second-order valence-corrected chi connectivity index (χ2v) is 7.89. The average Bonchev–Trinajstić information content (AvgIpc) is 2.94. The maximum atomic E-state index is 11.3. The Morgan fingerprint density at radius 2 is 1.32 bits per heavy atom. The summed E-state index contributed by atoms with van der Waals surface area (Å²) in [4.78, 5) is 0. The molecule has 19 heavy (non-hydrogen) atoms.